The van der Waals surface area contributed by atoms with Crippen LogP contribution in [0.1, 0.15) is 84.5 Å². The minimum Gasteiger partial charge on any atom is -0.274 e. The van der Waals surface area contributed by atoms with Gasteiger partial charge in [0.2, 0.25) is 5.91 Å². The van der Waals surface area contributed by atoms with Gasteiger partial charge in [-0.15, -0.1) is 0 Å². The van der Waals surface area contributed by atoms with Crippen molar-refractivity contribution in [2.45, 2.75) is 89.4 Å². The van der Waals surface area contributed by atoms with E-state index in [2.05, 4.69) is 6.92 Å². The predicted molar refractivity (Wildman–Crippen MR) is 126 cm³/mol. The number of sulfonamides is 1. The van der Waals surface area contributed by atoms with Gasteiger partial charge in [-0.05, 0) is 37.1 Å². The van der Waals surface area contributed by atoms with Gasteiger partial charge in [0.05, 0.1) is 4.90 Å². The fraction of sp³-hybridized carbons (Fsp3) is 0.652. The Bertz CT molecular complexity index is 781. The van der Waals surface area contributed by atoms with Crippen molar-refractivity contribution in [3.63, 3.8) is 0 Å². The van der Waals surface area contributed by atoms with Crippen LogP contribution in [0.25, 0.3) is 0 Å². The summed E-state index contributed by atoms with van der Waals surface area (Å²) in [5.41, 5.74) is 0. The summed E-state index contributed by atoms with van der Waals surface area (Å²) in [6, 6.07) is 4.76. The molecule has 0 atom stereocenters. The van der Waals surface area contributed by atoms with Crippen molar-refractivity contribution in [2.24, 2.45) is 0 Å². The SMILES string of the molecule is CCCCCCCCCCCC(=O)N(CCC)C(=O)N(C)S(=O)(=O)c1ccc(Cl)cc1. The van der Waals surface area contributed by atoms with Gasteiger partial charge < -0.3 is 0 Å². The van der Waals surface area contributed by atoms with E-state index in [-0.39, 0.29) is 23.8 Å². The molecule has 0 aliphatic carbocycles. The fourth-order valence-electron chi connectivity index (χ4n) is 3.31. The summed E-state index contributed by atoms with van der Waals surface area (Å²) in [5, 5.41) is 0.400. The third-order valence-corrected chi connectivity index (χ3v) is 7.21. The Morgan fingerprint density at radius 3 is 1.87 bits per heavy atom. The highest BCUT2D eigenvalue weighted by Crippen LogP contribution is 2.19. The predicted octanol–water partition coefficient (Wildman–Crippen LogP) is 6.24. The van der Waals surface area contributed by atoms with Crippen LogP contribution in [-0.2, 0) is 14.8 Å². The van der Waals surface area contributed by atoms with Crippen molar-refractivity contribution in [1.29, 1.82) is 0 Å². The molecule has 0 aliphatic heterocycles. The lowest BCUT2D eigenvalue weighted by Crippen LogP contribution is -2.47. The van der Waals surface area contributed by atoms with Crippen LogP contribution in [0.2, 0.25) is 5.02 Å². The zero-order valence-corrected chi connectivity index (χ0v) is 20.7. The van der Waals surface area contributed by atoms with E-state index in [9.17, 15) is 18.0 Å². The molecule has 0 aliphatic rings. The van der Waals surface area contributed by atoms with Crippen LogP contribution >= 0.6 is 11.6 Å². The molecule has 0 saturated heterocycles. The maximum absolute atomic E-state index is 12.8. The monoisotopic (exact) mass is 472 g/mol. The number of nitrogens with zero attached hydrogens (tertiary/aromatic N) is 2. The maximum Gasteiger partial charge on any atom is 0.340 e. The Balaban J connectivity index is 2.59. The number of carbonyl (C=O) groups is 2. The highest BCUT2D eigenvalue weighted by molar-refractivity contribution is 7.89. The van der Waals surface area contributed by atoms with E-state index < -0.39 is 16.1 Å². The van der Waals surface area contributed by atoms with Gasteiger partial charge >= 0.3 is 6.03 Å². The molecule has 0 radical (unpaired) electrons. The number of rotatable bonds is 14. The first-order valence-corrected chi connectivity index (χ1v) is 13.2. The summed E-state index contributed by atoms with van der Waals surface area (Å²) in [6.45, 7) is 4.24. The van der Waals surface area contributed by atoms with Crippen LogP contribution in [0.15, 0.2) is 29.2 Å². The molecule has 0 aromatic heterocycles. The lowest BCUT2D eigenvalue weighted by Gasteiger charge is -2.26. The molecule has 1 aromatic rings. The first-order chi connectivity index (χ1) is 14.8. The van der Waals surface area contributed by atoms with E-state index in [1.165, 1.54) is 63.4 Å². The minimum atomic E-state index is -4.06. The van der Waals surface area contributed by atoms with Gasteiger partial charge in [0.25, 0.3) is 10.0 Å². The summed E-state index contributed by atoms with van der Waals surface area (Å²) in [6.07, 6.45) is 11.0. The topological polar surface area (TPSA) is 74.8 Å². The summed E-state index contributed by atoms with van der Waals surface area (Å²) in [7, 11) is -2.88. The standard InChI is InChI=1S/C23H37ClN2O4S/c1-4-6-7-8-9-10-11-12-13-14-22(27)26(19-5-2)23(28)25(3)31(29,30)21-17-15-20(24)16-18-21/h15-18H,4-14,19H2,1-3H3. The molecule has 1 rings (SSSR count). The van der Waals surface area contributed by atoms with E-state index in [4.69, 9.17) is 11.6 Å². The molecule has 0 N–H and O–H groups in total. The first-order valence-electron chi connectivity index (χ1n) is 11.3. The molecule has 31 heavy (non-hydrogen) atoms. The third-order valence-electron chi connectivity index (χ3n) is 5.21. The van der Waals surface area contributed by atoms with Gasteiger partial charge in [0.15, 0.2) is 0 Å². The molecule has 6 nitrogen and oxygen atoms in total. The van der Waals surface area contributed by atoms with Crippen molar-refractivity contribution < 1.29 is 18.0 Å². The molecule has 0 saturated carbocycles. The first kappa shape index (κ1) is 27.4. The lowest BCUT2D eigenvalue weighted by atomic mass is 10.1. The average Bonchev–Trinajstić information content (AvgIpc) is 2.75. The Morgan fingerprint density at radius 1 is 0.839 bits per heavy atom. The summed E-state index contributed by atoms with van der Waals surface area (Å²) < 4.78 is 26.2. The Morgan fingerprint density at radius 2 is 1.35 bits per heavy atom. The van der Waals surface area contributed by atoms with Crippen molar-refractivity contribution in [3.05, 3.63) is 29.3 Å². The Hall–Kier alpha value is -1.60. The number of imide groups is 1. The van der Waals surface area contributed by atoms with Crippen molar-refractivity contribution in [1.82, 2.24) is 9.21 Å². The number of urea groups is 1. The molecular formula is C23H37ClN2O4S. The number of hydrogen-bond donors (Lipinski definition) is 0. The number of benzene rings is 1. The van der Waals surface area contributed by atoms with Crippen LogP contribution < -0.4 is 0 Å². The largest absolute Gasteiger partial charge is 0.340 e. The molecule has 0 heterocycles. The number of amides is 3. The molecule has 8 heteroatoms. The van der Waals surface area contributed by atoms with Gasteiger partial charge in [-0.3, -0.25) is 9.69 Å². The quantitative estimate of drug-likeness (QED) is 0.300. The molecule has 0 bridgehead atoms. The van der Waals surface area contributed by atoms with Crippen LogP contribution in [0.5, 0.6) is 0 Å². The van der Waals surface area contributed by atoms with E-state index in [0.717, 1.165) is 24.2 Å². The van der Waals surface area contributed by atoms with Gasteiger partial charge in [-0.2, -0.15) is 0 Å². The van der Waals surface area contributed by atoms with Crippen molar-refractivity contribution in [2.75, 3.05) is 13.6 Å². The Labute approximate surface area is 193 Å². The molecule has 1 aromatic carbocycles. The van der Waals surface area contributed by atoms with E-state index in [0.29, 0.717) is 22.2 Å². The second-order valence-corrected chi connectivity index (χ2v) is 10.2. The number of halogens is 1. The number of hydrogen-bond acceptors (Lipinski definition) is 4. The van der Waals surface area contributed by atoms with Crippen molar-refractivity contribution >= 4 is 33.6 Å². The third kappa shape index (κ3) is 9.19. The number of carbonyl (C=O) groups excluding carboxylic acids is 2. The number of unbranched alkanes of at least 4 members (excludes halogenated alkanes) is 8. The smallest absolute Gasteiger partial charge is 0.274 e. The van der Waals surface area contributed by atoms with Crippen LogP contribution in [0.3, 0.4) is 0 Å². The normalized spacial score (nSPS) is 11.4. The van der Waals surface area contributed by atoms with E-state index >= 15 is 0 Å². The van der Waals surface area contributed by atoms with Gasteiger partial charge in [0.1, 0.15) is 0 Å². The lowest BCUT2D eigenvalue weighted by molar-refractivity contribution is -0.128. The zero-order valence-electron chi connectivity index (χ0n) is 19.1. The van der Waals surface area contributed by atoms with Gasteiger partial charge in [0, 0.05) is 25.0 Å². The van der Waals surface area contributed by atoms with Crippen LogP contribution in [-0.4, -0.2) is 43.2 Å². The average molecular weight is 473 g/mol. The van der Waals surface area contributed by atoms with Crippen molar-refractivity contribution in [3.8, 4) is 0 Å². The molecule has 0 spiro atoms. The van der Waals surface area contributed by atoms with Gasteiger partial charge in [-0.25, -0.2) is 17.5 Å². The molecule has 0 unspecified atom stereocenters. The van der Waals surface area contributed by atoms with Crippen LogP contribution in [0.4, 0.5) is 4.79 Å². The fourth-order valence-corrected chi connectivity index (χ4v) is 4.54. The van der Waals surface area contributed by atoms with E-state index in [1.807, 2.05) is 6.92 Å². The second kappa shape index (κ2) is 14.5. The highest BCUT2D eigenvalue weighted by Gasteiger charge is 2.31. The van der Waals surface area contributed by atoms with Crippen LogP contribution in [0, 0.1) is 0 Å². The van der Waals surface area contributed by atoms with E-state index in [1.54, 1.807) is 0 Å². The zero-order chi connectivity index (χ0) is 23.3. The summed E-state index contributed by atoms with van der Waals surface area (Å²) in [5.74, 6) is -0.326. The second-order valence-electron chi connectivity index (χ2n) is 7.83. The highest BCUT2D eigenvalue weighted by atomic mass is 35.5. The summed E-state index contributed by atoms with van der Waals surface area (Å²) >= 11 is 5.82. The Kier molecular flexibility index (Phi) is 12.8. The maximum atomic E-state index is 12.8. The molecule has 176 valence electrons. The van der Waals surface area contributed by atoms with Gasteiger partial charge in [-0.1, -0.05) is 76.8 Å². The summed E-state index contributed by atoms with van der Waals surface area (Å²) in [4.78, 5) is 26.5. The molecule has 0 fully saturated rings. The molecular weight excluding hydrogens is 436 g/mol. The molecule has 3 amide bonds. The minimum absolute atomic E-state index is 0.0458.